The Morgan fingerprint density at radius 1 is 1.38 bits per heavy atom. The molecule has 5 heteroatoms. The molecule has 0 spiro atoms. The molecule has 0 saturated heterocycles. The van der Waals surface area contributed by atoms with Crippen LogP contribution in [0.25, 0.3) is 0 Å². The summed E-state index contributed by atoms with van der Waals surface area (Å²) in [5.41, 5.74) is 0.899. The molecule has 0 fully saturated rings. The van der Waals surface area contributed by atoms with Crippen LogP contribution in [0.4, 0.5) is 0 Å². The van der Waals surface area contributed by atoms with Crippen LogP contribution in [-0.4, -0.2) is 15.5 Å². The number of halogens is 1. The minimum absolute atomic E-state index is 0.273. The van der Waals surface area contributed by atoms with Crippen LogP contribution in [0.15, 0.2) is 27.6 Å². The number of benzene rings is 1. The van der Waals surface area contributed by atoms with Gasteiger partial charge in [-0.15, -0.1) is 0 Å². The molecule has 0 bridgehead atoms. The molecule has 1 rings (SSSR count). The molecule has 0 aliphatic carbocycles. The van der Waals surface area contributed by atoms with E-state index in [4.69, 9.17) is 0 Å². The van der Waals surface area contributed by atoms with Crippen molar-refractivity contribution in [3.8, 4) is 0 Å². The lowest BCUT2D eigenvalue weighted by atomic mass is 10.2. The molecule has 1 N–H and O–H groups in total. The van der Waals surface area contributed by atoms with Gasteiger partial charge in [0, 0.05) is 4.47 Å². The van der Waals surface area contributed by atoms with Crippen molar-refractivity contribution in [2.24, 2.45) is 0 Å². The first kappa shape index (κ1) is 10.7. The van der Waals surface area contributed by atoms with Crippen LogP contribution in [0.3, 0.4) is 0 Å². The molecule has 1 aromatic rings. The second-order valence-corrected chi connectivity index (χ2v) is 5.24. The Labute approximate surface area is 86.3 Å². The predicted octanol–water partition coefficient (Wildman–Crippen LogP) is 1.67. The summed E-state index contributed by atoms with van der Waals surface area (Å²) in [5.74, 6) is 0. The minimum Gasteiger partial charge on any atom is -0.214 e. The van der Waals surface area contributed by atoms with Crippen LogP contribution in [0, 0.1) is 6.92 Å². The van der Waals surface area contributed by atoms with Gasteiger partial charge < -0.3 is 0 Å². The first-order chi connectivity index (χ1) is 5.99. The summed E-state index contributed by atoms with van der Waals surface area (Å²) in [7, 11) is -1.96. The maximum atomic E-state index is 11.4. The van der Waals surface area contributed by atoms with Crippen LogP contribution < -0.4 is 4.72 Å². The molecule has 72 valence electrons. The quantitative estimate of drug-likeness (QED) is 0.883. The molecule has 3 nitrogen and oxygen atoms in total. The van der Waals surface area contributed by atoms with Crippen molar-refractivity contribution in [3.63, 3.8) is 0 Å². The fourth-order valence-electron chi connectivity index (χ4n) is 0.938. The molecule has 0 aliphatic heterocycles. The first-order valence-corrected chi connectivity index (χ1v) is 5.95. The summed E-state index contributed by atoms with van der Waals surface area (Å²) in [6.07, 6.45) is 0. The van der Waals surface area contributed by atoms with Gasteiger partial charge in [0.1, 0.15) is 0 Å². The average molecular weight is 264 g/mol. The van der Waals surface area contributed by atoms with Crippen molar-refractivity contribution >= 4 is 26.0 Å². The van der Waals surface area contributed by atoms with E-state index in [-0.39, 0.29) is 4.90 Å². The van der Waals surface area contributed by atoms with Gasteiger partial charge in [0.15, 0.2) is 0 Å². The Kier molecular flexibility index (Phi) is 3.10. The van der Waals surface area contributed by atoms with Crippen LogP contribution in [0.1, 0.15) is 5.56 Å². The highest BCUT2D eigenvalue weighted by Crippen LogP contribution is 2.24. The second kappa shape index (κ2) is 3.77. The smallest absolute Gasteiger partial charge is 0.214 e. The molecule has 0 atom stereocenters. The Morgan fingerprint density at radius 2 is 2.00 bits per heavy atom. The first-order valence-electron chi connectivity index (χ1n) is 3.67. The van der Waals surface area contributed by atoms with Gasteiger partial charge in [-0.3, -0.25) is 0 Å². The summed E-state index contributed by atoms with van der Waals surface area (Å²) >= 11 is 3.24. The number of rotatable bonds is 2. The lowest BCUT2D eigenvalue weighted by molar-refractivity contribution is 0.587. The van der Waals surface area contributed by atoms with Gasteiger partial charge in [-0.05, 0) is 41.5 Å². The number of hydrogen-bond acceptors (Lipinski definition) is 2. The third-order valence-electron chi connectivity index (χ3n) is 1.71. The van der Waals surface area contributed by atoms with Crippen molar-refractivity contribution in [1.29, 1.82) is 0 Å². The highest BCUT2D eigenvalue weighted by Gasteiger charge is 2.15. The molecule has 13 heavy (non-hydrogen) atoms. The fourth-order valence-corrected chi connectivity index (χ4v) is 2.72. The van der Waals surface area contributed by atoms with Gasteiger partial charge in [-0.1, -0.05) is 12.1 Å². The standard InChI is InChI=1S/C8H10BrNO2S/c1-6-4-3-5-7(8(6)9)13(11,12)10-2/h3-5,10H,1-2H3. The summed E-state index contributed by atoms with van der Waals surface area (Å²) in [4.78, 5) is 0.273. The summed E-state index contributed by atoms with van der Waals surface area (Å²) in [5, 5.41) is 0. The molecule has 0 heterocycles. The van der Waals surface area contributed by atoms with Gasteiger partial charge in [0.25, 0.3) is 0 Å². The van der Waals surface area contributed by atoms with Gasteiger partial charge in [-0.25, -0.2) is 13.1 Å². The fraction of sp³-hybridized carbons (Fsp3) is 0.250. The highest BCUT2D eigenvalue weighted by molar-refractivity contribution is 9.10. The zero-order valence-corrected chi connectivity index (χ0v) is 9.74. The third kappa shape index (κ3) is 2.10. The van der Waals surface area contributed by atoms with Crippen molar-refractivity contribution in [2.45, 2.75) is 11.8 Å². The lowest BCUT2D eigenvalue weighted by Gasteiger charge is -2.06. The zero-order valence-electron chi connectivity index (χ0n) is 7.33. The number of hydrogen-bond donors (Lipinski definition) is 1. The van der Waals surface area contributed by atoms with Gasteiger partial charge in [-0.2, -0.15) is 0 Å². The van der Waals surface area contributed by atoms with E-state index in [1.54, 1.807) is 12.1 Å². The van der Waals surface area contributed by atoms with Crippen molar-refractivity contribution < 1.29 is 8.42 Å². The monoisotopic (exact) mass is 263 g/mol. The lowest BCUT2D eigenvalue weighted by Crippen LogP contribution is -2.19. The molecule has 1 aromatic carbocycles. The number of aryl methyl sites for hydroxylation is 1. The van der Waals surface area contributed by atoms with Crippen LogP contribution in [-0.2, 0) is 10.0 Å². The van der Waals surface area contributed by atoms with Gasteiger partial charge >= 0.3 is 0 Å². The normalized spacial score (nSPS) is 11.6. The van der Waals surface area contributed by atoms with Gasteiger partial charge in [0.05, 0.1) is 4.90 Å². The molecule has 0 aliphatic rings. The summed E-state index contributed by atoms with van der Waals surface area (Å²) in [6.45, 7) is 1.85. The van der Waals surface area contributed by atoms with E-state index in [1.807, 2.05) is 13.0 Å². The van der Waals surface area contributed by atoms with E-state index < -0.39 is 10.0 Å². The van der Waals surface area contributed by atoms with E-state index >= 15 is 0 Å². The highest BCUT2D eigenvalue weighted by atomic mass is 79.9. The van der Waals surface area contributed by atoms with E-state index in [1.165, 1.54) is 7.05 Å². The predicted molar refractivity (Wildman–Crippen MR) is 55.1 cm³/mol. The van der Waals surface area contributed by atoms with Crippen LogP contribution in [0.5, 0.6) is 0 Å². The van der Waals surface area contributed by atoms with E-state index in [0.717, 1.165) is 5.56 Å². The molecular formula is C8H10BrNO2S. The topological polar surface area (TPSA) is 46.2 Å². The van der Waals surface area contributed by atoms with Crippen molar-refractivity contribution in [2.75, 3.05) is 7.05 Å². The second-order valence-electron chi connectivity index (χ2n) is 2.59. The Bertz CT molecular complexity index is 414. The van der Waals surface area contributed by atoms with E-state index in [2.05, 4.69) is 20.7 Å². The van der Waals surface area contributed by atoms with Crippen LogP contribution in [0.2, 0.25) is 0 Å². The van der Waals surface area contributed by atoms with E-state index in [9.17, 15) is 8.42 Å². The third-order valence-corrected chi connectivity index (χ3v) is 4.49. The number of sulfonamides is 1. The number of nitrogens with one attached hydrogen (secondary N) is 1. The Morgan fingerprint density at radius 3 is 2.54 bits per heavy atom. The summed E-state index contributed by atoms with van der Waals surface area (Å²) in [6, 6.07) is 5.12. The molecule has 0 amide bonds. The SMILES string of the molecule is CNS(=O)(=O)c1cccc(C)c1Br. The van der Waals surface area contributed by atoms with Crippen LogP contribution >= 0.6 is 15.9 Å². The largest absolute Gasteiger partial charge is 0.241 e. The average Bonchev–Trinajstić information content (AvgIpc) is 2.09. The Balaban J connectivity index is 3.40. The molecular weight excluding hydrogens is 254 g/mol. The zero-order chi connectivity index (χ0) is 10.1. The minimum atomic E-state index is -3.35. The summed E-state index contributed by atoms with van der Waals surface area (Å²) < 4.78 is 25.7. The molecule has 0 aromatic heterocycles. The van der Waals surface area contributed by atoms with Gasteiger partial charge in [0.2, 0.25) is 10.0 Å². The molecule has 0 unspecified atom stereocenters. The maximum Gasteiger partial charge on any atom is 0.241 e. The Hall–Kier alpha value is -0.390. The maximum absolute atomic E-state index is 11.4. The van der Waals surface area contributed by atoms with E-state index in [0.29, 0.717) is 4.47 Å². The molecule has 0 radical (unpaired) electrons. The van der Waals surface area contributed by atoms with Crippen molar-refractivity contribution in [3.05, 3.63) is 28.2 Å². The molecule has 0 saturated carbocycles. The van der Waals surface area contributed by atoms with Crippen molar-refractivity contribution in [1.82, 2.24) is 4.72 Å².